The summed E-state index contributed by atoms with van der Waals surface area (Å²) in [6.07, 6.45) is 2.36. The van der Waals surface area contributed by atoms with Crippen LogP contribution in [-0.4, -0.2) is 11.3 Å². The summed E-state index contributed by atoms with van der Waals surface area (Å²) < 4.78 is 0. The Labute approximate surface area is 99.0 Å². The fraction of sp³-hybridized carbons (Fsp3) is 0.231. The predicted octanol–water partition coefficient (Wildman–Crippen LogP) is 3.11. The third kappa shape index (κ3) is 2.36. The zero-order valence-electron chi connectivity index (χ0n) is 9.14. The molecule has 0 radical (unpaired) electrons. The topological polar surface area (TPSA) is 30.0 Å². The molecule has 3 heteroatoms. The fourth-order valence-electron chi connectivity index (χ4n) is 1.52. The number of aldehydes is 1. The lowest BCUT2D eigenvalue weighted by Gasteiger charge is -1.98. The van der Waals surface area contributed by atoms with E-state index in [0.29, 0.717) is 6.42 Å². The third-order valence-electron chi connectivity index (χ3n) is 2.47. The average Bonchev–Trinajstić information content (AvgIpc) is 2.78. The quantitative estimate of drug-likeness (QED) is 0.757. The summed E-state index contributed by atoms with van der Waals surface area (Å²) in [5, 5.41) is 2.88. The summed E-state index contributed by atoms with van der Waals surface area (Å²) in [5.41, 5.74) is 3.40. The second-order valence-electron chi connectivity index (χ2n) is 3.55. The van der Waals surface area contributed by atoms with Crippen molar-refractivity contribution in [3.8, 4) is 11.3 Å². The molecule has 0 saturated heterocycles. The minimum atomic E-state index is 0.414. The van der Waals surface area contributed by atoms with E-state index in [-0.39, 0.29) is 0 Å². The SMILES string of the molecule is CCc1ccc(-c2csc(CC=O)n2)cc1. The standard InChI is InChI=1S/C13H13NOS/c1-2-10-3-5-11(6-4-10)12-9-16-13(14-12)7-8-15/h3-6,8-9H,2,7H2,1H3. The number of nitrogens with zero attached hydrogens (tertiary/aromatic N) is 1. The van der Waals surface area contributed by atoms with E-state index < -0.39 is 0 Å². The normalized spacial score (nSPS) is 10.3. The van der Waals surface area contributed by atoms with E-state index in [4.69, 9.17) is 0 Å². The maximum atomic E-state index is 10.4. The number of rotatable bonds is 4. The van der Waals surface area contributed by atoms with Crippen molar-refractivity contribution in [3.05, 3.63) is 40.2 Å². The van der Waals surface area contributed by atoms with Crippen molar-refractivity contribution in [1.82, 2.24) is 4.98 Å². The smallest absolute Gasteiger partial charge is 0.126 e. The molecule has 2 rings (SSSR count). The largest absolute Gasteiger partial charge is 0.303 e. The van der Waals surface area contributed by atoms with E-state index in [1.807, 2.05) is 5.38 Å². The number of aryl methyl sites for hydroxylation is 1. The highest BCUT2D eigenvalue weighted by molar-refractivity contribution is 7.10. The molecule has 16 heavy (non-hydrogen) atoms. The Morgan fingerprint density at radius 1 is 1.31 bits per heavy atom. The number of hydrogen-bond acceptors (Lipinski definition) is 3. The summed E-state index contributed by atoms with van der Waals surface area (Å²) in [6, 6.07) is 8.40. The maximum Gasteiger partial charge on any atom is 0.126 e. The lowest BCUT2D eigenvalue weighted by atomic mass is 10.1. The molecular weight excluding hydrogens is 218 g/mol. The summed E-state index contributed by atoms with van der Waals surface area (Å²) in [7, 11) is 0. The van der Waals surface area contributed by atoms with Crippen LogP contribution in [0.2, 0.25) is 0 Å². The van der Waals surface area contributed by atoms with Gasteiger partial charge in [0, 0.05) is 10.9 Å². The van der Waals surface area contributed by atoms with Crippen LogP contribution in [-0.2, 0) is 17.6 Å². The molecule has 0 aliphatic carbocycles. The van der Waals surface area contributed by atoms with Gasteiger partial charge in [0.2, 0.25) is 0 Å². The van der Waals surface area contributed by atoms with E-state index in [1.54, 1.807) is 0 Å². The molecule has 0 saturated carbocycles. The van der Waals surface area contributed by atoms with Crippen LogP contribution < -0.4 is 0 Å². The summed E-state index contributed by atoms with van der Waals surface area (Å²) in [4.78, 5) is 14.8. The Balaban J connectivity index is 2.24. The van der Waals surface area contributed by atoms with Gasteiger partial charge in [0.15, 0.2) is 0 Å². The molecule has 2 aromatic rings. The second-order valence-corrected chi connectivity index (χ2v) is 4.49. The zero-order valence-corrected chi connectivity index (χ0v) is 9.96. The predicted molar refractivity (Wildman–Crippen MR) is 66.7 cm³/mol. The lowest BCUT2D eigenvalue weighted by molar-refractivity contribution is -0.107. The Morgan fingerprint density at radius 2 is 2.06 bits per heavy atom. The number of benzene rings is 1. The van der Waals surface area contributed by atoms with Gasteiger partial charge in [-0.2, -0.15) is 0 Å². The van der Waals surface area contributed by atoms with Gasteiger partial charge in [0.25, 0.3) is 0 Å². The van der Waals surface area contributed by atoms with Crippen LogP contribution in [0.3, 0.4) is 0 Å². The van der Waals surface area contributed by atoms with Crippen LogP contribution >= 0.6 is 11.3 Å². The van der Waals surface area contributed by atoms with Crippen LogP contribution in [0.15, 0.2) is 29.6 Å². The van der Waals surface area contributed by atoms with Gasteiger partial charge in [-0.3, -0.25) is 0 Å². The molecule has 0 aliphatic heterocycles. The van der Waals surface area contributed by atoms with Crippen LogP contribution in [0, 0.1) is 0 Å². The molecule has 0 bridgehead atoms. The Hall–Kier alpha value is -1.48. The van der Waals surface area contributed by atoms with Gasteiger partial charge in [-0.15, -0.1) is 11.3 Å². The van der Waals surface area contributed by atoms with E-state index >= 15 is 0 Å². The number of thiazole rings is 1. The first-order valence-corrected chi connectivity index (χ1v) is 6.18. The van der Waals surface area contributed by atoms with Crippen molar-refractivity contribution >= 4 is 17.6 Å². The summed E-state index contributed by atoms with van der Waals surface area (Å²) in [6.45, 7) is 2.14. The number of carbonyl (C=O) groups excluding carboxylic acids is 1. The second kappa shape index (κ2) is 5.03. The van der Waals surface area contributed by atoms with E-state index in [1.165, 1.54) is 16.9 Å². The van der Waals surface area contributed by atoms with Crippen molar-refractivity contribution in [3.63, 3.8) is 0 Å². The monoisotopic (exact) mass is 231 g/mol. The Morgan fingerprint density at radius 3 is 2.69 bits per heavy atom. The third-order valence-corrected chi connectivity index (χ3v) is 3.34. The lowest BCUT2D eigenvalue weighted by Crippen LogP contribution is -1.85. The van der Waals surface area contributed by atoms with Gasteiger partial charge in [-0.25, -0.2) is 4.98 Å². The zero-order chi connectivity index (χ0) is 11.4. The molecule has 0 fully saturated rings. The van der Waals surface area contributed by atoms with Gasteiger partial charge in [0.05, 0.1) is 12.1 Å². The van der Waals surface area contributed by atoms with Crippen LogP contribution in [0.5, 0.6) is 0 Å². The molecule has 1 heterocycles. The number of hydrogen-bond donors (Lipinski definition) is 0. The van der Waals surface area contributed by atoms with E-state index in [0.717, 1.165) is 29.0 Å². The Bertz CT molecular complexity index is 473. The molecule has 0 unspecified atom stereocenters. The van der Waals surface area contributed by atoms with Gasteiger partial charge < -0.3 is 4.79 Å². The minimum Gasteiger partial charge on any atom is -0.303 e. The van der Waals surface area contributed by atoms with E-state index in [2.05, 4.69) is 36.2 Å². The van der Waals surface area contributed by atoms with Crippen LogP contribution in [0.25, 0.3) is 11.3 Å². The van der Waals surface area contributed by atoms with Crippen molar-refractivity contribution in [1.29, 1.82) is 0 Å². The van der Waals surface area contributed by atoms with Crippen molar-refractivity contribution in [2.24, 2.45) is 0 Å². The van der Waals surface area contributed by atoms with Crippen LogP contribution in [0.1, 0.15) is 17.5 Å². The van der Waals surface area contributed by atoms with Crippen molar-refractivity contribution < 1.29 is 4.79 Å². The highest BCUT2D eigenvalue weighted by Gasteiger charge is 2.03. The first-order valence-electron chi connectivity index (χ1n) is 5.31. The first-order chi connectivity index (χ1) is 7.83. The highest BCUT2D eigenvalue weighted by Crippen LogP contribution is 2.22. The average molecular weight is 231 g/mol. The minimum absolute atomic E-state index is 0.414. The molecule has 0 aliphatic rings. The highest BCUT2D eigenvalue weighted by atomic mass is 32.1. The number of aromatic nitrogens is 1. The molecule has 0 N–H and O–H groups in total. The molecule has 0 atom stereocenters. The van der Waals surface area contributed by atoms with Gasteiger partial charge in [-0.1, -0.05) is 31.2 Å². The van der Waals surface area contributed by atoms with Crippen LogP contribution in [0.4, 0.5) is 0 Å². The van der Waals surface area contributed by atoms with Gasteiger partial charge in [0.1, 0.15) is 11.3 Å². The Kier molecular flexibility index (Phi) is 3.47. The molecule has 1 aromatic carbocycles. The van der Waals surface area contributed by atoms with Crippen molar-refractivity contribution in [2.45, 2.75) is 19.8 Å². The molecule has 2 nitrogen and oxygen atoms in total. The van der Waals surface area contributed by atoms with E-state index in [9.17, 15) is 4.79 Å². The molecule has 0 amide bonds. The molecule has 1 aromatic heterocycles. The van der Waals surface area contributed by atoms with Gasteiger partial charge >= 0.3 is 0 Å². The summed E-state index contributed by atoms with van der Waals surface area (Å²) in [5.74, 6) is 0. The fourth-order valence-corrected chi connectivity index (χ4v) is 2.27. The molecule has 82 valence electrons. The first kappa shape index (κ1) is 11.0. The number of carbonyl (C=O) groups is 1. The summed E-state index contributed by atoms with van der Waals surface area (Å²) >= 11 is 1.54. The van der Waals surface area contributed by atoms with Crippen molar-refractivity contribution in [2.75, 3.05) is 0 Å². The maximum absolute atomic E-state index is 10.4. The molecular formula is C13H13NOS. The molecule has 0 spiro atoms. The van der Waals surface area contributed by atoms with Gasteiger partial charge in [-0.05, 0) is 12.0 Å².